The van der Waals surface area contributed by atoms with E-state index < -0.39 is 0 Å². The van der Waals surface area contributed by atoms with Crippen LogP contribution in [0.5, 0.6) is 0 Å². The first kappa shape index (κ1) is 19.7. The fraction of sp³-hybridized carbons (Fsp3) is 0.471. The molecule has 1 atom stereocenters. The molecule has 1 aromatic heterocycles. The van der Waals surface area contributed by atoms with E-state index in [1.54, 1.807) is 7.11 Å². The maximum absolute atomic E-state index is 13.0. The fourth-order valence-electron chi connectivity index (χ4n) is 2.28. The SMILES string of the molecule is CCN(CC)C(=O)C(Sc1nnc(NCCOC)s1)c1ccccc1. The van der Waals surface area contributed by atoms with Crippen molar-refractivity contribution in [1.29, 1.82) is 0 Å². The number of carbonyl (C=O) groups is 1. The van der Waals surface area contributed by atoms with Crippen molar-refractivity contribution in [1.82, 2.24) is 15.1 Å². The number of ether oxygens (including phenoxy) is 1. The zero-order valence-corrected chi connectivity index (χ0v) is 16.4. The number of thioether (sulfide) groups is 1. The van der Waals surface area contributed by atoms with Gasteiger partial charge in [-0.3, -0.25) is 4.79 Å². The average molecular weight is 381 g/mol. The van der Waals surface area contributed by atoms with Crippen molar-refractivity contribution in [2.45, 2.75) is 23.4 Å². The van der Waals surface area contributed by atoms with Gasteiger partial charge in [0.05, 0.1) is 6.61 Å². The Labute approximate surface area is 157 Å². The molecule has 2 aromatic rings. The Kier molecular flexibility index (Phi) is 8.17. The second-order valence-corrected chi connectivity index (χ2v) is 7.54. The molecule has 0 aliphatic carbocycles. The minimum atomic E-state index is -0.319. The van der Waals surface area contributed by atoms with Crippen molar-refractivity contribution in [2.24, 2.45) is 0 Å². The third kappa shape index (κ3) is 5.69. The van der Waals surface area contributed by atoms with Gasteiger partial charge in [-0.05, 0) is 19.4 Å². The van der Waals surface area contributed by atoms with E-state index in [4.69, 9.17) is 4.74 Å². The molecule has 0 aliphatic rings. The van der Waals surface area contributed by atoms with Crippen LogP contribution in [0.1, 0.15) is 24.7 Å². The smallest absolute Gasteiger partial charge is 0.240 e. The Morgan fingerprint density at radius 2 is 2.00 bits per heavy atom. The van der Waals surface area contributed by atoms with Crippen LogP contribution < -0.4 is 5.32 Å². The standard InChI is InChI=1S/C17H24N4O2S2/c1-4-21(5-2)15(22)14(13-9-7-6-8-10-13)24-17-20-19-16(25-17)18-11-12-23-3/h6-10,14H,4-5,11-12H2,1-3H3,(H,18,19). The Balaban J connectivity index is 2.15. The zero-order chi connectivity index (χ0) is 18.1. The maximum Gasteiger partial charge on any atom is 0.240 e. The fourth-order valence-corrected chi connectivity index (χ4v) is 4.33. The van der Waals surface area contributed by atoms with Gasteiger partial charge in [0, 0.05) is 26.7 Å². The Bertz CT molecular complexity index is 647. The molecule has 1 aromatic carbocycles. The Morgan fingerprint density at radius 1 is 1.28 bits per heavy atom. The first-order chi connectivity index (χ1) is 12.2. The highest BCUT2D eigenvalue weighted by Gasteiger charge is 2.27. The summed E-state index contributed by atoms with van der Waals surface area (Å²) in [6, 6.07) is 9.83. The number of hydrogen-bond donors (Lipinski definition) is 1. The molecule has 0 aliphatic heterocycles. The molecule has 1 N–H and O–H groups in total. The quantitative estimate of drug-likeness (QED) is 0.504. The summed E-state index contributed by atoms with van der Waals surface area (Å²) >= 11 is 2.91. The third-order valence-electron chi connectivity index (χ3n) is 3.61. The van der Waals surface area contributed by atoms with Crippen LogP contribution >= 0.6 is 23.1 Å². The van der Waals surface area contributed by atoms with Gasteiger partial charge in [0.25, 0.3) is 0 Å². The number of hydrogen-bond acceptors (Lipinski definition) is 7. The second kappa shape index (κ2) is 10.4. The van der Waals surface area contributed by atoms with Crippen LogP contribution in [0.4, 0.5) is 5.13 Å². The summed E-state index contributed by atoms with van der Waals surface area (Å²) in [7, 11) is 1.66. The topological polar surface area (TPSA) is 67.4 Å². The van der Waals surface area contributed by atoms with E-state index in [1.807, 2.05) is 49.1 Å². The van der Waals surface area contributed by atoms with Gasteiger partial charge in [0.2, 0.25) is 11.0 Å². The molecule has 6 nitrogen and oxygen atoms in total. The summed E-state index contributed by atoms with van der Waals surface area (Å²) in [5.74, 6) is 0.102. The highest BCUT2D eigenvalue weighted by atomic mass is 32.2. The summed E-state index contributed by atoms with van der Waals surface area (Å²) in [4.78, 5) is 14.8. The number of nitrogens with one attached hydrogen (secondary N) is 1. The molecule has 136 valence electrons. The first-order valence-electron chi connectivity index (χ1n) is 8.26. The molecule has 8 heteroatoms. The van der Waals surface area contributed by atoms with Crippen molar-refractivity contribution >= 4 is 34.1 Å². The molecular formula is C17H24N4O2S2. The summed E-state index contributed by atoms with van der Waals surface area (Å²) < 4.78 is 5.79. The van der Waals surface area contributed by atoms with Gasteiger partial charge in [-0.25, -0.2) is 0 Å². The van der Waals surface area contributed by atoms with E-state index in [9.17, 15) is 4.79 Å². The predicted molar refractivity (Wildman–Crippen MR) is 103 cm³/mol. The number of aromatic nitrogens is 2. The highest BCUT2D eigenvalue weighted by molar-refractivity contribution is 8.01. The number of likely N-dealkylation sites (N-methyl/N-ethyl adjacent to an activating group) is 1. The summed E-state index contributed by atoms with van der Waals surface area (Å²) in [6.07, 6.45) is 0. The molecule has 0 bridgehead atoms. The van der Waals surface area contributed by atoms with Crippen molar-refractivity contribution in [2.75, 3.05) is 38.7 Å². The number of benzene rings is 1. The van der Waals surface area contributed by atoms with Crippen LogP contribution in [0.25, 0.3) is 0 Å². The van der Waals surface area contributed by atoms with Gasteiger partial charge in [-0.15, -0.1) is 10.2 Å². The van der Waals surface area contributed by atoms with Crippen LogP contribution in [0.3, 0.4) is 0 Å². The van der Waals surface area contributed by atoms with Crippen molar-refractivity contribution in [3.05, 3.63) is 35.9 Å². The van der Waals surface area contributed by atoms with E-state index in [1.165, 1.54) is 23.1 Å². The van der Waals surface area contributed by atoms with Gasteiger partial charge in [-0.1, -0.05) is 53.4 Å². The predicted octanol–water partition coefficient (Wildman–Crippen LogP) is 3.30. The van der Waals surface area contributed by atoms with E-state index >= 15 is 0 Å². The summed E-state index contributed by atoms with van der Waals surface area (Å²) in [6.45, 7) is 6.66. The molecule has 0 saturated carbocycles. The lowest BCUT2D eigenvalue weighted by atomic mass is 10.1. The van der Waals surface area contributed by atoms with Crippen molar-refractivity contribution in [3.63, 3.8) is 0 Å². The minimum absolute atomic E-state index is 0.102. The first-order valence-corrected chi connectivity index (χ1v) is 9.95. The van der Waals surface area contributed by atoms with E-state index in [0.29, 0.717) is 26.2 Å². The monoisotopic (exact) mass is 380 g/mol. The second-order valence-electron chi connectivity index (χ2n) is 5.21. The molecule has 0 fully saturated rings. The summed E-state index contributed by atoms with van der Waals surface area (Å²) in [5, 5.41) is 11.9. The normalized spacial score (nSPS) is 12.0. The van der Waals surface area contributed by atoms with E-state index in [-0.39, 0.29) is 11.2 Å². The van der Waals surface area contributed by atoms with Crippen LogP contribution in [0, 0.1) is 0 Å². The van der Waals surface area contributed by atoms with Gasteiger partial charge >= 0.3 is 0 Å². The number of carbonyl (C=O) groups excluding carboxylic acids is 1. The largest absolute Gasteiger partial charge is 0.383 e. The molecule has 25 heavy (non-hydrogen) atoms. The maximum atomic E-state index is 13.0. The van der Waals surface area contributed by atoms with E-state index in [0.717, 1.165) is 15.0 Å². The van der Waals surface area contributed by atoms with Gasteiger partial charge in [0.15, 0.2) is 4.34 Å². The Hall–Kier alpha value is -1.64. The lowest BCUT2D eigenvalue weighted by molar-refractivity contribution is -0.130. The molecule has 0 spiro atoms. The molecule has 1 amide bonds. The third-order valence-corrected chi connectivity index (χ3v) is 5.82. The minimum Gasteiger partial charge on any atom is -0.383 e. The molecule has 0 saturated heterocycles. The number of anilines is 1. The molecule has 2 rings (SSSR count). The van der Waals surface area contributed by atoms with Crippen LogP contribution in [-0.2, 0) is 9.53 Å². The van der Waals surface area contributed by atoms with Crippen molar-refractivity contribution < 1.29 is 9.53 Å². The lowest BCUT2D eigenvalue weighted by Crippen LogP contribution is -2.33. The number of methoxy groups -OCH3 is 1. The van der Waals surface area contributed by atoms with Crippen LogP contribution in [0.15, 0.2) is 34.7 Å². The van der Waals surface area contributed by atoms with Gasteiger partial charge in [0.1, 0.15) is 5.25 Å². The lowest BCUT2D eigenvalue weighted by Gasteiger charge is -2.24. The molecule has 1 unspecified atom stereocenters. The van der Waals surface area contributed by atoms with Crippen molar-refractivity contribution in [3.8, 4) is 0 Å². The Morgan fingerprint density at radius 3 is 2.64 bits per heavy atom. The highest BCUT2D eigenvalue weighted by Crippen LogP contribution is 2.39. The van der Waals surface area contributed by atoms with Gasteiger partial charge in [-0.2, -0.15) is 0 Å². The molecule has 0 radical (unpaired) electrons. The van der Waals surface area contributed by atoms with Gasteiger partial charge < -0.3 is 15.0 Å². The van der Waals surface area contributed by atoms with E-state index in [2.05, 4.69) is 15.5 Å². The summed E-state index contributed by atoms with van der Waals surface area (Å²) in [5.41, 5.74) is 0.980. The number of rotatable bonds is 10. The van der Waals surface area contributed by atoms with Crippen LogP contribution in [-0.4, -0.2) is 54.4 Å². The van der Waals surface area contributed by atoms with Crippen LogP contribution in [0.2, 0.25) is 0 Å². The zero-order valence-electron chi connectivity index (χ0n) is 14.8. The average Bonchev–Trinajstić information content (AvgIpc) is 3.09. The number of amides is 1. The molecular weight excluding hydrogens is 356 g/mol. The number of nitrogens with zero attached hydrogens (tertiary/aromatic N) is 3. The molecule has 1 heterocycles.